The lowest BCUT2D eigenvalue weighted by Gasteiger charge is -2.15. The highest BCUT2D eigenvalue weighted by molar-refractivity contribution is 6.32. The Hall–Kier alpha value is -1.46. The quantitative estimate of drug-likeness (QED) is 0.810. The van der Waals surface area contributed by atoms with Crippen molar-refractivity contribution in [3.63, 3.8) is 0 Å². The van der Waals surface area contributed by atoms with Crippen molar-refractivity contribution in [3.05, 3.63) is 22.7 Å². The van der Waals surface area contributed by atoms with E-state index in [0.29, 0.717) is 35.2 Å². The van der Waals surface area contributed by atoms with E-state index in [1.165, 1.54) is 7.11 Å². The highest BCUT2D eigenvalue weighted by Crippen LogP contribution is 2.36. The zero-order chi connectivity index (χ0) is 15.1. The molecule has 1 rings (SSSR count). The number of carbonyl (C=O) groups excluding carboxylic acids is 1. The highest BCUT2D eigenvalue weighted by atomic mass is 35.5. The van der Waals surface area contributed by atoms with E-state index in [0.717, 1.165) is 6.42 Å². The van der Waals surface area contributed by atoms with E-state index in [1.54, 1.807) is 12.1 Å². The topological polar surface area (TPSA) is 73.6 Å². The third kappa shape index (κ3) is 4.28. The maximum atomic E-state index is 12.0. The van der Waals surface area contributed by atoms with Gasteiger partial charge in [0, 0.05) is 18.2 Å². The first-order valence-corrected chi connectivity index (χ1v) is 6.92. The molecular formula is C14H21ClN2O3. The van der Waals surface area contributed by atoms with E-state index in [4.69, 9.17) is 26.8 Å². The van der Waals surface area contributed by atoms with Gasteiger partial charge in [-0.25, -0.2) is 0 Å². The number of carbonyl (C=O) groups is 1. The fourth-order valence-corrected chi connectivity index (χ4v) is 1.83. The fourth-order valence-electron chi connectivity index (χ4n) is 1.56. The average Bonchev–Trinajstić information content (AvgIpc) is 2.44. The van der Waals surface area contributed by atoms with E-state index >= 15 is 0 Å². The van der Waals surface area contributed by atoms with Crippen LogP contribution in [0.3, 0.4) is 0 Å². The van der Waals surface area contributed by atoms with Crippen LogP contribution in [0, 0.1) is 0 Å². The molecule has 1 aromatic rings. The Balaban J connectivity index is 3.00. The van der Waals surface area contributed by atoms with Crippen LogP contribution < -0.4 is 20.5 Å². The second-order valence-corrected chi connectivity index (χ2v) is 4.86. The van der Waals surface area contributed by atoms with Crippen molar-refractivity contribution in [1.29, 1.82) is 0 Å². The van der Waals surface area contributed by atoms with Crippen LogP contribution in [-0.2, 0) is 0 Å². The van der Waals surface area contributed by atoms with Crippen molar-refractivity contribution >= 4 is 17.5 Å². The number of nitrogens with one attached hydrogen (secondary N) is 1. The van der Waals surface area contributed by atoms with Gasteiger partial charge in [-0.1, -0.05) is 18.5 Å². The second kappa shape index (κ2) is 7.97. The lowest BCUT2D eigenvalue weighted by Crippen LogP contribution is -2.37. The predicted octanol–water partition coefficient (Wildman–Crippen LogP) is 2.21. The Bertz CT molecular complexity index is 466. The zero-order valence-electron chi connectivity index (χ0n) is 12.0. The predicted molar refractivity (Wildman–Crippen MR) is 79.8 cm³/mol. The standard InChI is InChI=1S/C14H21ClN2O3/c1-4-5-20-13-11(15)6-10(7-12(13)19-3)14(18)17-9(2)8-16/h6-7,9H,4-5,8,16H2,1-3H3,(H,17,18)/t9-/m0/s1. The molecule has 20 heavy (non-hydrogen) atoms. The fraction of sp³-hybridized carbons (Fsp3) is 0.500. The number of benzene rings is 1. The van der Waals surface area contributed by atoms with Crippen LogP contribution in [-0.4, -0.2) is 32.2 Å². The molecule has 1 amide bonds. The van der Waals surface area contributed by atoms with Crippen molar-refractivity contribution < 1.29 is 14.3 Å². The Kier molecular flexibility index (Phi) is 6.61. The number of rotatable bonds is 7. The van der Waals surface area contributed by atoms with E-state index in [1.807, 2.05) is 13.8 Å². The van der Waals surface area contributed by atoms with Gasteiger partial charge in [0.15, 0.2) is 11.5 Å². The van der Waals surface area contributed by atoms with E-state index < -0.39 is 0 Å². The van der Waals surface area contributed by atoms with Crippen molar-refractivity contribution in [3.8, 4) is 11.5 Å². The molecular weight excluding hydrogens is 280 g/mol. The third-order valence-electron chi connectivity index (χ3n) is 2.67. The molecule has 0 spiro atoms. The zero-order valence-corrected chi connectivity index (χ0v) is 12.8. The summed E-state index contributed by atoms with van der Waals surface area (Å²) in [5, 5.41) is 3.12. The maximum absolute atomic E-state index is 12.0. The maximum Gasteiger partial charge on any atom is 0.251 e. The monoisotopic (exact) mass is 300 g/mol. The van der Waals surface area contributed by atoms with Crippen molar-refractivity contribution in [2.24, 2.45) is 5.73 Å². The summed E-state index contributed by atoms with van der Waals surface area (Å²) < 4.78 is 10.8. The van der Waals surface area contributed by atoms with Gasteiger partial charge in [-0.3, -0.25) is 4.79 Å². The summed E-state index contributed by atoms with van der Waals surface area (Å²) in [6.45, 7) is 4.73. The molecule has 0 heterocycles. The van der Waals surface area contributed by atoms with Gasteiger partial charge < -0.3 is 20.5 Å². The summed E-state index contributed by atoms with van der Waals surface area (Å²) in [4.78, 5) is 12.0. The summed E-state index contributed by atoms with van der Waals surface area (Å²) >= 11 is 6.15. The van der Waals surface area contributed by atoms with Crippen molar-refractivity contribution in [1.82, 2.24) is 5.32 Å². The molecule has 3 N–H and O–H groups in total. The van der Waals surface area contributed by atoms with Crippen molar-refractivity contribution in [2.75, 3.05) is 20.3 Å². The van der Waals surface area contributed by atoms with Crippen LogP contribution in [0.2, 0.25) is 5.02 Å². The molecule has 0 saturated carbocycles. The minimum absolute atomic E-state index is 0.108. The molecule has 0 unspecified atom stereocenters. The molecule has 0 saturated heterocycles. The highest BCUT2D eigenvalue weighted by Gasteiger charge is 2.16. The smallest absolute Gasteiger partial charge is 0.251 e. The van der Waals surface area contributed by atoms with E-state index in [-0.39, 0.29) is 11.9 Å². The molecule has 0 aliphatic heterocycles. The molecule has 0 aromatic heterocycles. The van der Waals surface area contributed by atoms with Gasteiger partial charge in [-0.05, 0) is 25.5 Å². The molecule has 0 radical (unpaired) electrons. The summed E-state index contributed by atoms with van der Waals surface area (Å²) in [5.41, 5.74) is 5.89. The first-order valence-electron chi connectivity index (χ1n) is 6.54. The van der Waals surface area contributed by atoms with Gasteiger partial charge in [0.2, 0.25) is 0 Å². The summed E-state index contributed by atoms with van der Waals surface area (Å²) in [7, 11) is 1.51. The number of nitrogens with two attached hydrogens (primary N) is 1. The third-order valence-corrected chi connectivity index (χ3v) is 2.95. The summed E-state index contributed by atoms with van der Waals surface area (Å²) in [5.74, 6) is 0.654. The largest absolute Gasteiger partial charge is 0.493 e. The molecule has 0 bridgehead atoms. The number of halogens is 1. The minimum Gasteiger partial charge on any atom is -0.493 e. The lowest BCUT2D eigenvalue weighted by atomic mass is 10.1. The summed E-state index contributed by atoms with van der Waals surface area (Å²) in [6.07, 6.45) is 0.857. The first-order chi connectivity index (χ1) is 9.53. The van der Waals surface area contributed by atoms with Crippen LogP contribution in [0.4, 0.5) is 0 Å². The molecule has 1 aromatic carbocycles. The second-order valence-electron chi connectivity index (χ2n) is 4.45. The Morgan fingerprint density at radius 3 is 2.75 bits per heavy atom. The lowest BCUT2D eigenvalue weighted by molar-refractivity contribution is 0.0941. The van der Waals surface area contributed by atoms with E-state index in [9.17, 15) is 4.79 Å². The Morgan fingerprint density at radius 2 is 2.20 bits per heavy atom. The Labute approximate surface area is 124 Å². The average molecular weight is 301 g/mol. The van der Waals surface area contributed by atoms with Gasteiger partial charge in [-0.15, -0.1) is 0 Å². The van der Waals surface area contributed by atoms with E-state index in [2.05, 4.69) is 5.32 Å². The number of hydrogen-bond acceptors (Lipinski definition) is 4. The molecule has 0 fully saturated rings. The molecule has 6 heteroatoms. The van der Waals surface area contributed by atoms with Crippen LogP contribution >= 0.6 is 11.6 Å². The molecule has 1 atom stereocenters. The first kappa shape index (κ1) is 16.6. The van der Waals surface area contributed by atoms with Crippen LogP contribution in [0.5, 0.6) is 11.5 Å². The van der Waals surface area contributed by atoms with Gasteiger partial charge in [0.25, 0.3) is 5.91 Å². The Morgan fingerprint density at radius 1 is 1.50 bits per heavy atom. The van der Waals surface area contributed by atoms with Crippen LogP contribution in [0.25, 0.3) is 0 Å². The molecule has 0 aliphatic carbocycles. The van der Waals surface area contributed by atoms with Gasteiger partial charge >= 0.3 is 0 Å². The van der Waals surface area contributed by atoms with Crippen LogP contribution in [0.1, 0.15) is 30.6 Å². The van der Waals surface area contributed by atoms with Crippen molar-refractivity contribution in [2.45, 2.75) is 26.3 Å². The van der Waals surface area contributed by atoms with Gasteiger partial charge in [0.05, 0.1) is 18.7 Å². The summed E-state index contributed by atoms with van der Waals surface area (Å²) in [6, 6.07) is 3.06. The minimum atomic E-state index is -0.245. The molecule has 5 nitrogen and oxygen atoms in total. The molecule has 0 aliphatic rings. The number of ether oxygens (including phenoxy) is 2. The van der Waals surface area contributed by atoms with Crippen LogP contribution in [0.15, 0.2) is 12.1 Å². The number of amides is 1. The normalized spacial score (nSPS) is 11.8. The number of methoxy groups -OCH3 is 1. The number of hydrogen-bond donors (Lipinski definition) is 2. The molecule has 112 valence electrons. The van der Waals surface area contributed by atoms with Gasteiger partial charge in [-0.2, -0.15) is 0 Å². The SMILES string of the molecule is CCCOc1c(Cl)cc(C(=O)N[C@@H](C)CN)cc1OC. The van der Waals surface area contributed by atoms with Gasteiger partial charge in [0.1, 0.15) is 0 Å².